The SMILES string of the molecule is C=C(C)C(C)=CC(=CC)S(=O)(=O)Nc1ccc(-c2nc3n(c2-c2ccc(C4(NC(=O)OC(C)(C)C)CCC4)cc2)-c2cccnc2Nc2ccccc2-3)cc1. The van der Waals surface area contributed by atoms with Gasteiger partial charge in [-0.3, -0.25) is 9.29 Å². The summed E-state index contributed by atoms with van der Waals surface area (Å²) in [5.41, 5.74) is 7.74. The highest BCUT2D eigenvalue weighted by Gasteiger charge is 2.41. The maximum absolute atomic E-state index is 13.4. The van der Waals surface area contributed by atoms with Crippen molar-refractivity contribution in [3.63, 3.8) is 0 Å². The van der Waals surface area contributed by atoms with E-state index in [1.807, 2.05) is 83.1 Å². The number of hydrogen-bond acceptors (Lipinski definition) is 7. The fourth-order valence-electron chi connectivity index (χ4n) is 6.92. The number of hydrogen-bond donors (Lipinski definition) is 3. The molecule has 0 saturated heterocycles. The van der Waals surface area contributed by atoms with Crippen molar-refractivity contribution in [1.29, 1.82) is 0 Å². The first-order chi connectivity index (χ1) is 26.2. The minimum absolute atomic E-state index is 0.158. The summed E-state index contributed by atoms with van der Waals surface area (Å²) < 4.78 is 37.3. The number of rotatable bonds is 9. The zero-order valence-corrected chi connectivity index (χ0v) is 32.8. The third-order valence-corrected chi connectivity index (χ3v) is 11.5. The van der Waals surface area contributed by atoms with Gasteiger partial charge in [0.25, 0.3) is 10.0 Å². The Morgan fingerprint density at radius 1 is 0.964 bits per heavy atom. The first kappa shape index (κ1) is 37.4. The highest BCUT2D eigenvalue weighted by atomic mass is 32.2. The number of benzene rings is 3. The predicted octanol–water partition coefficient (Wildman–Crippen LogP) is 10.4. The Bertz CT molecular complexity index is 2470. The average Bonchev–Trinajstić information content (AvgIpc) is 3.46. The number of nitrogens with one attached hydrogen (secondary N) is 3. The number of carbonyl (C=O) groups excluding carboxylic acids is 1. The van der Waals surface area contributed by atoms with Crippen LogP contribution in [0.15, 0.2) is 126 Å². The van der Waals surface area contributed by atoms with Gasteiger partial charge in [0.15, 0.2) is 5.82 Å². The number of alkyl carbamates (subject to hydrolysis) is 1. The molecule has 0 atom stereocenters. The number of pyridine rings is 1. The maximum Gasteiger partial charge on any atom is 0.408 e. The summed E-state index contributed by atoms with van der Waals surface area (Å²) in [6, 6.07) is 27.5. The fraction of sp³-hybridized carbons (Fsp3) is 0.250. The summed E-state index contributed by atoms with van der Waals surface area (Å²) >= 11 is 0. The van der Waals surface area contributed by atoms with E-state index in [4.69, 9.17) is 14.7 Å². The van der Waals surface area contributed by atoms with E-state index in [-0.39, 0.29) is 4.91 Å². The molecule has 5 aromatic rings. The molecule has 0 bridgehead atoms. The number of aromatic nitrogens is 3. The molecule has 7 rings (SSSR count). The van der Waals surface area contributed by atoms with Gasteiger partial charge in [0.2, 0.25) is 0 Å². The summed E-state index contributed by atoms with van der Waals surface area (Å²) in [7, 11) is -3.86. The van der Waals surface area contributed by atoms with Crippen LogP contribution in [0.5, 0.6) is 0 Å². The lowest BCUT2D eigenvalue weighted by Gasteiger charge is -2.43. The zero-order chi connectivity index (χ0) is 39.1. The standard InChI is InChI=1S/C44H46N6O4S/c1-8-34(27-29(4)28(2)3)55(52,53)49-33-22-18-30(19-23-33)38-39(31-16-20-32(21-17-31)44(24-12-25-44)48-42(51)54-43(5,6)7)50-37-15-11-26-45-40(37)46-36-14-10-9-13-35(36)41(50)47-38/h8-11,13-23,26-27,49H,2,12,24-25H2,1,3-7H3,(H,45,46)(H,48,51). The van der Waals surface area contributed by atoms with E-state index >= 15 is 0 Å². The Balaban J connectivity index is 1.33. The number of anilines is 3. The van der Waals surface area contributed by atoms with Crippen molar-refractivity contribution in [3.05, 3.63) is 131 Å². The van der Waals surface area contributed by atoms with Gasteiger partial charge in [0.1, 0.15) is 11.4 Å². The Morgan fingerprint density at radius 2 is 1.65 bits per heavy atom. The molecule has 1 amide bonds. The molecule has 1 saturated carbocycles. The summed E-state index contributed by atoms with van der Waals surface area (Å²) in [6.07, 6.45) is 7.15. The molecule has 3 N–H and O–H groups in total. The van der Waals surface area contributed by atoms with Gasteiger partial charge in [-0.05, 0) is 114 Å². The lowest BCUT2D eigenvalue weighted by Crippen LogP contribution is -2.52. The molecule has 2 aliphatic rings. The number of sulfonamides is 1. The molecule has 3 heterocycles. The van der Waals surface area contributed by atoms with Crippen molar-refractivity contribution < 1.29 is 17.9 Å². The Morgan fingerprint density at radius 3 is 2.29 bits per heavy atom. The first-order valence-corrected chi connectivity index (χ1v) is 19.9. The molecule has 3 aromatic carbocycles. The predicted molar refractivity (Wildman–Crippen MR) is 221 cm³/mol. The number of carbonyl (C=O) groups is 1. The van der Waals surface area contributed by atoms with Crippen LogP contribution in [-0.4, -0.2) is 34.6 Å². The van der Waals surface area contributed by atoms with E-state index in [9.17, 15) is 13.2 Å². The smallest absolute Gasteiger partial charge is 0.408 e. The highest BCUT2D eigenvalue weighted by molar-refractivity contribution is 7.96. The largest absolute Gasteiger partial charge is 0.444 e. The average molecular weight is 755 g/mol. The van der Waals surface area contributed by atoms with Gasteiger partial charge >= 0.3 is 6.09 Å². The fourth-order valence-corrected chi connectivity index (χ4v) is 8.12. The van der Waals surface area contributed by atoms with E-state index in [0.717, 1.165) is 75.6 Å². The first-order valence-electron chi connectivity index (χ1n) is 18.4. The van der Waals surface area contributed by atoms with Gasteiger partial charge in [-0.25, -0.2) is 23.2 Å². The van der Waals surface area contributed by atoms with Gasteiger partial charge in [0, 0.05) is 28.6 Å². The van der Waals surface area contributed by atoms with Crippen LogP contribution in [0.25, 0.3) is 39.6 Å². The number of nitrogens with zero attached hydrogens (tertiary/aromatic N) is 3. The van der Waals surface area contributed by atoms with E-state index in [1.165, 1.54) is 0 Å². The molecule has 0 unspecified atom stereocenters. The van der Waals surface area contributed by atoms with Crippen molar-refractivity contribution in [3.8, 4) is 39.6 Å². The van der Waals surface area contributed by atoms with E-state index < -0.39 is 27.3 Å². The van der Waals surface area contributed by atoms with Crippen molar-refractivity contribution >= 4 is 33.3 Å². The van der Waals surface area contributed by atoms with Crippen molar-refractivity contribution in [2.75, 3.05) is 10.0 Å². The summed E-state index contributed by atoms with van der Waals surface area (Å²) in [6.45, 7) is 14.9. The molecule has 11 heteroatoms. The van der Waals surface area contributed by atoms with E-state index in [1.54, 1.807) is 37.4 Å². The Kier molecular flexibility index (Phi) is 9.77. The number of ether oxygens (including phenoxy) is 1. The normalized spacial score (nSPS) is 14.9. The van der Waals surface area contributed by atoms with Crippen LogP contribution < -0.4 is 15.4 Å². The van der Waals surface area contributed by atoms with E-state index in [0.29, 0.717) is 17.2 Å². The number of para-hydroxylation sites is 1. The third kappa shape index (κ3) is 7.44. The summed E-state index contributed by atoms with van der Waals surface area (Å²) in [4.78, 5) is 23.1. The van der Waals surface area contributed by atoms with Gasteiger partial charge in [0.05, 0.1) is 33.2 Å². The molecule has 0 radical (unpaired) electrons. The number of allylic oxidation sites excluding steroid dienone is 4. The Hall–Kier alpha value is -5.94. The summed E-state index contributed by atoms with van der Waals surface area (Å²) in [5, 5.41) is 6.68. The van der Waals surface area contributed by atoms with E-state index in [2.05, 4.69) is 50.8 Å². The van der Waals surface area contributed by atoms with Gasteiger partial charge in [-0.2, -0.15) is 0 Å². The highest BCUT2D eigenvalue weighted by Crippen LogP contribution is 2.46. The van der Waals surface area contributed by atoms with Crippen LogP contribution in [0.2, 0.25) is 0 Å². The van der Waals surface area contributed by atoms with Crippen LogP contribution >= 0.6 is 0 Å². The van der Waals surface area contributed by atoms with Crippen LogP contribution in [0.3, 0.4) is 0 Å². The molecule has 0 spiro atoms. The second-order valence-electron chi connectivity index (χ2n) is 15.1. The second-order valence-corrected chi connectivity index (χ2v) is 16.8. The molecule has 1 aliphatic heterocycles. The molecule has 1 fully saturated rings. The van der Waals surface area contributed by atoms with Crippen LogP contribution in [-0.2, 0) is 20.3 Å². The van der Waals surface area contributed by atoms with Gasteiger partial charge in [-0.15, -0.1) is 0 Å². The van der Waals surface area contributed by atoms with Crippen molar-refractivity contribution in [1.82, 2.24) is 19.9 Å². The molecule has 282 valence electrons. The minimum Gasteiger partial charge on any atom is -0.444 e. The van der Waals surface area contributed by atoms with Crippen molar-refractivity contribution in [2.24, 2.45) is 0 Å². The van der Waals surface area contributed by atoms with Gasteiger partial charge < -0.3 is 15.4 Å². The molecule has 10 nitrogen and oxygen atoms in total. The molecule has 2 aromatic heterocycles. The Labute approximate surface area is 323 Å². The van der Waals surface area contributed by atoms with Crippen LogP contribution in [0.4, 0.5) is 22.0 Å². The number of fused-ring (bicyclic) bond motifs is 5. The minimum atomic E-state index is -3.86. The molecular formula is C44H46N6O4S. The quantitative estimate of drug-likeness (QED) is 0.125. The molecule has 55 heavy (non-hydrogen) atoms. The zero-order valence-electron chi connectivity index (χ0n) is 32.0. The van der Waals surface area contributed by atoms with Crippen LogP contribution in [0.1, 0.15) is 66.4 Å². The number of imidazole rings is 1. The van der Waals surface area contributed by atoms with Crippen molar-refractivity contribution in [2.45, 2.75) is 71.9 Å². The number of amides is 1. The maximum atomic E-state index is 13.4. The summed E-state index contributed by atoms with van der Waals surface area (Å²) in [5.74, 6) is 1.42. The lowest BCUT2D eigenvalue weighted by molar-refractivity contribution is 0.0377. The topological polar surface area (TPSA) is 127 Å². The second kappa shape index (κ2) is 14.4. The third-order valence-electron chi connectivity index (χ3n) is 10.0. The molecular weight excluding hydrogens is 709 g/mol. The lowest BCUT2D eigenvalue weighted by atomic mass is 9.71. The monoisotopic (exact) mass is 754 g/mol. The molecule has 1 aliphatic carbocycles. The van der Waals surface area contributed by atoms with Crippen LogP contribution in [0, 0.1) is 0 Å². The van der Waals surface area contributed by atoms with Gasteiger partial charge in [-0.1, -0.05) is 66.8 Å².